The zero-order valence-corrected chi connectivity index (χ0v) is 20.0. The second-order valence-corrected chi connectivity index (χ2v) is 10.6. The van der Waals surface area contributed by atoms with Crippen LogP contribution in [0.4, 0.5) is 0 Å². The minimum absolute atomic E-state index is 0.0766. The molecular formula is C25H29N3O5S. The number of nitrogens with one attached hydrogen (secondary N) is 1. The minimum Gasteiger partial charge on any atom is -0.497 e. The van der Waals surface area contributed by atoms with E-state index >= 15 is 0 Å². The second kappa shape index (κ2) is 9.40. The maximum atomic E-state index is 13.4. The van der Waals surface area contributed by atoms with E-state index in [1.807, 2.05) is 18.2 Å². The zero-order chi connectivity index (χ0) is 23.7. The van der Waals surface area contributed by atoms with Gasteiger partial charge in [-0.3, -0.25) is 4.79 Å². The highest BCUT2D eigenvalue weighted by atomic mass is 32.2. The van der Waals surface area contributed by atoms with Crippen LogP contribution < -0.4 is 4.74 Å². The number of hydrogen-bond acceptors (Lipinski definition) is 5. The fourth-order valence-corrected chi connectivity index (χ4v) is 6.54. The van der Waals surface area contributed by atoms with Crippen LogP contribution in [0.15, 0.2) is 53.6 Å². The molecule has 180 valence electrons. The highest BCUT2D eigenvalue weighted by Crippen LogP contribution is 2.35. The molecule has 3 aromatic rings. The topological polar surface area (TPSA) is 91.9 Å². The van der Waals surface area contributed by atoms with Crippen LogP contribution in [0.1, 0.15) is 34.7 Å². The second-order valence-electron chi connectivity index (χ2n) is 8.73. The van der Waals surface area contributed by atoms with E-state index in [2.05, 4.69) is 11.2 Å². The number of rotatable bonds is 5. The van der Waals surface area contributed by atoms with Crippen LogP contribution >= 0.6 is 0 Å². The van der Waals surface area contributed by atoms with Gasteiger partial charge in [-0.15, -0.1) is 0 Å². The monoisotopic (exact) mass is 483 g/mol. The third kappa shape index (κ3) is 4.19. The van der Waals surface area contributed by atoms with Crippen LogP contribution in [0, 0.1) is 0 Å². The number of methoxy groups -OCH3 is 1. The summed E-state index contributed by atoms with van der Waals surface area (Å²) < 4.78 is 38.6. The number of ether oxygens (including phenoxy) is 2. The third-order valence-corrected chi connectivity index (χ3v) is 8.81. The van der Waals surface area contributed by atoms with Gasteiger partial charge in [0, 0.05) is 43.3 Å². The molecule has 0 radical (unpaired) electrons. The van der Waals surface area contributed by atoms with Crippen molar-refractivity contribution >= 4 is 26.8 Å². The summed E-state index contributed by atoms with van der Waals surface area (Å²) in [6.07, 6.45) is 3.68. The Labute approximate surface area is 199 Å². The number of aromatic amines is 1. The molecule has 3 heterocycles. The quantitative estimate of drug-likeness (QED) is 0.602. The van der Waals surface area contributed by atoms with E-state index in [1.54, 1.807) is 30.2 Å². The van der Waals surface area contributed by atoms with Gasteiger partial charge in [-0.05, 0) is 54.7 Å². The van der Waals surface area contributed by atoms with Crippen LogP contribution in [0.2, 0.25) is 0 Å². The predicted octanol–water partition coefficient (Wildman–Crippen LogP) is 3.22. The Morgan fingerprint density at radius 1 is 1.06 bits per heavy atom. The Morgan fingerprint density at radius 2 is 1.79 bits per heavy atom. The molecule has 0 saturated carbocycles. The molecule has 2 fully saturated rings. The number of benzene rings is 2. The molecule has 0 bridgehead atoms. The van der Waals surface area contributed by atoms with Gasteiger partial charge >= 0.3 is 0 Å². The lowest BCUT2D eigenvalue weighted by molar-refractivity contribution is 0.0703. The molecule has 0 unspecified atom stereocenters. The molecule has 0 aliphatic carbocycles. The van der Waals surface area contributed by atoms with E-state index in [1.165, 1.54) is 15.9 Å². The summed E-state index contributed by atoms with van der Waals surface area (Å²) in [4.78, 5) is 18.6. The minimum atomic E-state index is -3.76. The molecule has 5 rings (SSSR count). The summed E-state index contributed by atoms with van der Waals surface area (Å²) in [5.41, 5.74) is 2.54. The molecule has 34 heavy (non-hydrogen) atoms. The number of carbonyl (C=O) groups is 1. The van der Waals surface area contributed by atoms with E-state index in [-0.39, 0.29) is 16.4 Å². The molecule has 2 saturated heterocycles. The lowest BCUT2D eigenvalue weighted by atomic mass is 9.89. The lowest BCUT2D eigenvalue weighted by Crippen LogP contribution is -2.42. The van der Waals surface area contributed by atoms with Crippen molar-refractivity contribution in [3.63, 3.8) is 0 Å². The van der Waals surface area contributed by atoms with Crippen molar-refractivity contribution in [2.24, 2.45) is 0 Å². The number of aromatic nitrogens is 1. The van der Waals surface area contributed by atoms with Gasteiger partial charge in [0.15, 0.2) is 0 Å². The molecule has 1 N–H and O–H groups in total. The first-order valence-corrected chi connectivity index (χ1v) is 13.0. The molecule has 0 spiro atoms. The van der Waals surface area contributed by atoms with E-state index in [0.717, 1.165) is 29.5 Å². The van der Waals surface area contributed by atoms with Gasteiger partial charge in [-0.2, -0.15) is 4.31 Å². The number of sulfonamides is 1. The maximum Gasteiger partial charge on any atom is 0.255 e. The van der Waals surface area contributed by atoms with Gasteiger partial charge in [0.05, 0.1) is 30.8 Å². The SMILES string of the molecule is COc1ccc2[nH]cc(C3CCN(C(=O)c4ccccc4S(=O)(=O)N4CCOCC4)CC3)c2c1. The molecule has 2 aliphatic rings. The van der Waals surface area contributed by atoms with Crippen LogP contribution in [0.25, 0.3) is 10.9 Å². The smallest absolute Gasteiger partial charge is 0.255 e. The first-order chi connectivity index (χ1) is 16.5. The van der Waals surface area contributed by atoms with Gasteiger partial charge in [-0.25, -0.2) is 8.42 Å². The molecule has 2 aliphatic heterocycles. The summed E-state index contributed by atoms with van der Waals surface area (Å²) in [6.45, 7) is 2.47. The van der Waals surface area contributed by atoms with E-state index in [4.69, 9.17) is 9.47 Å². The van der Waals surface area contributed by atoms with Gasteiger partial charge in [-0.1, -0.05) is 12.1 Å². The standard InChI is InChI=1S/C25H29N3O5S/c1-32-19-6-7-23-21(16-19)22(17-26-23)18-8-10-27(11-9-18)25(29)20-4-2-3-5-24(20)34(30,31)28-12-14-33-15-13-28/h2-7,16-18,26H,8-15H2,1H3. The number of morpholine rings is 1. The Kier molecular flexibility index (Phi) is 6.33. The largest absolute Gasteiger partial charge is 0.497 e. The molecule has 1 aromatic heterocycles. The van der Waals surface area contributed by atoms with E-state index < -0.39 is 10.0 Å². The van der Waals surface area contributed by atoms with Gasteiger partial charge in [0.1, 0.15) is 5.75 Å². The highest BCUT2D eigenvalue weighted by molar-refractivity contribution is 7.89. The molecule has 0 atom stereocenters. The Morgan fingerprint density at radius 3 is 2.53 bits per heavy atom. The van der Waals surface area contributed by atoms with Crippen LogP contribution in [-0.4, -0.2) is 75.0 Å². The van der Waals surface area contributed by atoms with Crippen molar-refractivity contribution in [3.8, 4) is 5.75 Å². The first-order valence-electron chi connectivity index (χ1n) is 11.6. The highest BCUT2D eigenvalue weighted by Gasteiger charge is 2.33. The summed E-state index contributed by atoms with van der Waals surface area (Å²) in [5, 5.41) is 1.14. The number of H-pyrrole nitrogens is 1. The Hall–Kier alpha value is -2.88. The molecule has 8 nitrogen and oxygen atoms in total. The molecule has 1 amide bonds. The first kappa shape index (κ1) is 22.9. The third-order valence-electron chi connectivity index (χ3n) is 6.85. The summed E-state index contributed by atoms with van der Waals surface area (Å²) in [5.74, 6) is 0.905. The summed E-state index contributed by atoms with van der Waals surface area (Å²) in [7, 11) is -2.10. The number of amides is 1. The average Bonchev–Trinajstić information content (AvgIpc) is 3.32. The fraction of sp³-hybridized carbons (Fsp3) is 0.400. The summed E-state index contributed by atoms with van der Waals surface area (Å²) >= 11 is 0. The van der Waals surface area contributed by atoms with Crippen molar-refractivity contribution in [1.82, 2.24) is 14.2 Å². The molecular weight excluding hydrogens is 454 g/mol. The normalized spacial score (nSPS) is 18.3. The molecule has 9 heteroatoms. The van der Waals surface area contributed by atoms with Crippen LogP contribution in [0.5, 0.6) is 5.75 Å². The van der Waals surface area contributed by atoms with Crippen molar-refractivity contribution in [3.05, 3.63) is 59.8 Å². The summed E-state index contributed by atoms with van der Waals surface area (Å²) in [6, 6.07) is 12.5. The maximum absolute atomic E-state index is 13.4. The fourth-order valence-electron chi connectivity index (χ4n) is 4.94. The van der Waals surface area contributed by atoms with Gasteiger partial charge in [0.25, 0.3) is 5.91 Å². The van der Waals surface area contributed by atoms with Gasteiger partial charge in [0.2, 0.25) is 10.0 Å². The van der Waals surface area contributed by atoms with E-state index in [0.29, 0.717) is 45.3 Å². The number of carbonyl (C=O) groups excluding carboxylic acids is 1. The lowest BCUT2D eigenvalue weighted by Gasteiger charge is -2.33. The number of hydrogen-bond donors (Lipinski definition) is 1. The van der Waals surface area contributed by atoms with Crippen molar-refractivity contribution in [1.29, 1.82) is 0 Å². The number of fused-ring (bicyclic) bond motifs is 1. The Balaban J connectivity index is 1.33. The van der Waals surface area contributed by atoms with E-state index in [9.17, 15) is 13.2 Å². The number of piperidine rings is 1. The average molecular weight is 484 g/mol. The Bertz CT molecular complexity index is 1290. The van der Waals surface area contributed by atoms with Crippen molar-refractivity contribution < 1.29 is 22.7 Å². The number of likely N-dealkylation sites (tertiary alicyclic amines) is 1. The molecule has 2 aromatic carbocycles. The predicted molar refractivity (Wildman–Crippen MR) is 129 cm³/mol. The van der Waals surface area contributed by atoms with Crippen LogP contribution in [-0.2, 0) is 14.8 Å². The van der Waals surface area contributed by atoms with Crippen LogP contribution in [0.3, 0.4) is 0 Å². The van der Waals surface area contributed by atoms with Gasteiger partial charge < -0.3 is 19.4 Å². The number of nitrogens with zero attached hydrogens (tertiary/aromatic N) is 2. The zero-order valence-electron chi connectivity index (χ0n) is 19.2. The van der Waals surface area contributed by atoms with Crippen molar-refractivity contribution in [2.45, 2.75) is 23.7 Å². The van der Waals surface area contributed by atoms with Crippen molar-refractivity contribution in [2.75, 3.05) is 46.5 Å².